The molecule has 102 valence electrons. The molecular formula is C15H27N3. The molecule has 1 aromatic carbocycles. The number of nitrogens with two attached hydrogens (primary N) is 1. The quantitative estimate of drug-likeness (QED) is 0.804. The molecule has 0 heterocycles. The minimum absolute atomic E-state index is 0.610. The van der Waals surface area contributed by atoms with E-state index in [1.54, 1.807) is 0 Å². The van der Waals surface area contributed by atoms with Crippen LogP contribution in [0, 0.1) is 6.92 Å². The maximum atomic E-state index is 5.87. The molecule has 18 heavy (non-hydrogen) atoms. The third kappa shape index (κ3) is 4.00. The summed E-state index contributed by atoms with van der Waals surface area (Å²) >= 11 is 0. The standard InChI is InChI=1S/C15H27N3/c1-5-9-18(11-10-17(3)4)15-13(2)7-6-8-14(15)12-16/h6-8H,5,9-12,16H2,1-4H3. The van der Waals surface area contributed by atoms with Gasteiger partial charge in [0.1, 0.15) is 0 Å². The lowest BCUT2D eigenvalue weighted by molar-refractivity contribution is 0.412. The summed E-state index contributed by atoms with van der Waals surface area (Å²) in [6.07, 6.45) is 1.16. The zero-order valence-electron chi connectivity index (χ0n) is 12.2. The van der Waals surface area contributed by atoms with Gasteiger partial charge in [-0.3, -0.25) is 0 Å². The minimum Gasteiger partial charge on any atom is -0.370 e. The van der Waals surface area contributed by atoms with Crippen molar-refractivity contribution < 1.29 is 0 Å². The predicted octanol–water partition coefficient (Wildman–Crippen LogP) is 2.23. The Labute approximate surface area is 112 Å². The van der Waals surface area contributed by atoms with E-state index in [1.165, 1.54) is 16.8 Å². The number of hydrogen-bond donors (Lipinski definition) is 1. The number of rotatable bonds is 7. The molecule has 1 rings (SSSR count). The molecule has 3 heteroatoms. The molecule has 3 nitrogen and oxygen atoms in total. The van der Waals surface area contributed by atoms with Gasteiger partial charge in [-0.25, -0.2) is 0 Å². The first-order valence-electron chi connectivity index (χ1n) is 6.78. The van der Waals surface area contributed by atoms with E-state index in [-0.39, 0.29) is 0 Å². The normalized spacial score (nSPS) is 11.0. The van der Waals surface area contributed by atoms with E-state index in [0.717, 1.165) is 26.1 Å². The molecule has 0 spiro atoms. The van der Waals surface area contributed by atoms with Crippen molar-refractivity contribution in [3.8, 4) is 0 Å². The van der Waals surface area contributed by atoms with E-state index in [2.05, 4.69) is 55.9 Å². The van der Waals surface area contributed by atoms with Crippen molar-refractivity contribution >= 4 is 5.69 Å². The molecule has 0 saturated carbocycles. The summed E-state index contributed by atoms with van der Waals surface area (Å²) in [5, 5.41) is 0. The highest BCUT2D eigenvalue weighted by Crippen LogP contribution is 2.25. The molecule has 0 atom stereocenters. The Balaban J connectivity index is 2.96. The van der Waals surface area contributed by atoms with Gasteiger partial charge >= 0.3 is 0 Å². The first-order chi connectivity index (χ1) is 8.60. The number of aryl methyl sites for hydroxylation is 1. The van der Waals surface area contributed by atoms with E-state index < -0.39 is 0 Å². The summed E-state index contributed by atoms with van der Waals surface area (Å²) in [4.78, 5) is 4.70. The van der Waals surface area contributed by atoms with Gasteiger partial charge in [-0.2, -0.15) is 0 Å². The monoisotopic (exact) mass is 249 g/mol. The molecule has 0 saturated heterocycles. The van der Waals surface area contributed by atoms with E-state index in [1.807, 2.05) is 0 Å². The second-order valence-corrected chi connectivity index (χ2v) is 5.08. The zero-order valence-corrected chi connectivity index (χ0v) is 12.2. The average Bonchev–Trinajstić information content (AvgIpc) is 2.34. The number of benzene rings is 1. The molecule has 0 aliphatic heterocycles. The largest absolute Gasteiger partial charge is 0.370 e. The van der Waals surface area contributed by atoms with Crippen LogP contribution in [0.2, 0.25) is 0 Å². The zero-order chi connectivity index (χ0) is 13.5. The van der Waals surface area contributed by atoms with Crippen LogP contribution < -0.4 is 10.6 Å². The van der Waals surface area contributed by atoms with Gasteiger partial charge in [0.2, 0.25) is 0 Å². The number of likely N-dealkylation sites (N-methyl/N-ethyl adjacent to an activating group) is 1. The second-order valence-electron chi connectivity index (χ2n) is 5.08. The van der Waals surface area contributed by atoms with Gasteiger partial charge < -0.3 is 15.5 Å². The highest BCUT2D eigenvalue weighted by Gasteiger charge is 2.12. The number of para-hydroxylation sites is 1. The van der Waals surface area contributed by atoms with Crippen LogP contribution in [0.3, 0.4) is 0 Å². The molecule has 0 aliphatic rings. The summed E-state index contributed by atoms with van der Waals surface area (Å²) < 4.78 is 0. The van der Waals surface area contributed by atoms with Crippen LogP contribution in [-0.4, -0.2) is 38.6 Å². The SMILES string of the molecule is CCCN(CCN(C)C)c1c(C)cccc1CN. The highest BCUT2D eigenvalue weighted by molar-refractivity contribution is 5.59. The topological polar surface area (TPSA) is 32.5 Å². The Morgan fingerprint density at radius 2 is 1.83 bits per heavy atom. The number of nitrogens with zero attached hydrogens (tertiary/aromatic N) is 2. The van der Waals surface area contributed by atoms with Gasteiger partial charge in [0.25, 0.3) is 0 Å². The van der Waals surface area contributed by atoms with Crippen LogP contribution in [0.5, 0.6) is 0 Å². The van der Waals surface area contributed by atoms with Gasteiger partial charge in [0, 0.05) is 31.9 Å². The van der Waals surface area contributed by atoms with Crippen LogP contribution in [0.25, 0.3) is 0 Å². The van der Waals surface area contributed by atoms with Crippen molar-refractivity contribution in [3.05, 3.63) is 29.3 Å². The Kier molecular flexibility index (Phi) is 6.16. The molecule has 1 aromatic rings. The lowest BCUT2D eigenvalue weighted by Crippen LogP contribution is -2.33. The fourth-order valence-electron chi connectivity index (χ4n) is 2.26. The smallest absolute Gasteiger partial charge is 0.0441 e. The van der Waals surface area contributed by atoms with Crippen LogP contribution in [-0.2, 0) is 6.54 Å². The molecular weight excluding hydrogens is 222 g/mol. The van der Waals surface area contributed by atoms with Crippen LogP contribution in [0.15, 0.2) is 18.2 Å². The Morgan fingerprint density at radius 3 is 2.39 bits per heavy atom. The number of hydrogen-bond acceptors (Lipinski definition) is 3. The van der Waals surface area contributed by atoms with Crippen molar-refractivity contribution in [1.29, 1.82) is 0 Å². The molecule has 0 radical (unpaired) electrons. The second kappa shape index (κ2) is 7.39. The van der Waals surface area contributed by atoms with Crippen molar-refractivity contribution in [1.82, 2.24) is 4.90 Å². The molecule has 0 fully saturated rings. The summed E-state index contributed by atoms with van der Waals surface area (Å²) in [5.41, 5.74) is 9.79. The van der Waals surface area contributed by atoms with Crippen LogP contribution >= 0.6 is 0 Å². The molecule has 0 amide bonds. The molecule has 0 unspecified atom stereocenters. The fourth-order valence-corrected chi connectivity index (χ4v) is 2.26. The predicted molar refractivity (Wildman–Crippen MR) is 80.1 cm³/mol. The summed E-state index contributed by atoms with van der Waals surface area (Å²) in [6.45, 7) is 8.22. The van der Waals surface area contributed by atoms with E-state index >= 15 is 0 Å². The van der Waals surface area contributed by atoms with Crippen molar-refractivity contribution in [2.24, 2.45) is 5.73 Å². The van der Waals surface area contributed by atoms with Crippen molar-refractivity contribution in [3.63, 3.8) is 0 Å². The van der Waals surface area contributed by atoms with Crippen LogP contribution in [0.1, 0.15) is 24.5 Å². The van der Waals surface area contributed by atoms with Crippen LogP contribution in [0.4, 0.5) is 5.69 Å². The van der Waals surface area contributed by atoms with Gasteiger partial charge in [-0.1, -0.05) is 25.1 Å². The lowest BCUT2D eigenvalue weighted by atomic mass is 10.1. The van der Waals surface area contributed by atoms with Gasteiger partial charge in [0.15, 0.2) is 0 Å². The van der Waals surface area contributed by atoms with E-state index in [0.29, 0.717) is 6.54 Å². The summed E-state index contributed by atoms with van der Waals surface area (Å²) in [7, 11) is 4.23. The molecule has 2 N–H and O–H groups in total. The number of anilines is 1. The third-order valence-corrected chi connectivity index (χ3v) is 3.17. The molecule has 0 bridgehead atoms. The maximum Gasteiger partial charge on any atom is 0.0441 e. The lowest BCUT2D eigenvalue weighted by Gasteiger charge is -2.29. The highest BCUT2D eigenvalue weighted by atomic mass is 15.2. The third-order valence-electron chi connectivity index (χ3n) is 3.17. The Hall–Kier alpha value is -1.06. The maximum absolute atomic E-state index is 5.87. The van der Waals surface area contributed by atoms with E-state index in [9.17, 15) is 0 Å². The van der Waals surface area contributed by atoms with Gasteiger partial charge in [-0.15, -0.1) is 0 Å². The van der Waals surface area contributed by atoms with E-state index in [4.69, 9.17) is 5.73 Å². The van der Waals surface area contributed by atoms with Crippen molar-refractivity contribution in [2.75, 3.05) is 38.6 Å². The first kappa shape index (κ1) is 15.0. The van der Waals surface area contributed by atoms with Gasteiger partial charge in [-0.05, 0) is 38.6 Å². The first-order valence-corrected chi connectivity index (χ1v) is 6.78. The Bertz CT molecular complexity index is 361. The fraction of sp³-hybridized carbons (Fsp3) is 0.600. The summed E-state index contributed by atoms with van der Waals surface area (Å²) in [6, 6.07) is 6.41. The molecule has 0 aromatic heterocycles. The average molecular weight is 249 g/mol. The minimum atomic E-state index is 0.610. The Morgan fingerprint density at radius 1 is 1.11 bits per heavy atom. The van der Waals surface area contributed by atoms with Gasteiger partial charge in [0.05, 0.1) is 0 Å². The molecule has 0 aliphatic carbocycles. The van der Waals surface area contributed by atoms with Crippen molar-refractivity contribution in [2.45, 2.75) is 26.8 Å². The summed E-state index contributed by atoms with van der Waals surface area (Å²) in [5.74, 6) is 0.